The summed E-state index contributed by atoms with van der Waals surface area (Å²) in [5.41, 5.74) is 3.28. The molecular formula is C17H16ClNO. The van der Waals surface area contributed by atoms with Gasteiger partial charge >= 0.3 is 0 Å². The van der Waals surface area contributed by atoms with Crippen LogP contribution in [0.15, 0.2) is 48.5 Å². The first kappa shape index (κ1) is 13.3. The quantitative estimate of drug-likeness (QED) is 0.937. The van der Waals surface area contributed by atoms with Gasteiger partial charge < -0.3 is 5.32 Å². The lowest BCUT2D eigenvalue weighted by Gasteiger charge is -2.25. The average Bonchev–Trinajstić information content (AvgIpc) is 2.49. The van der Waals surface area contributed by atoms with Crippen LogP contribution in [0.4, 0.5) is 0 Å². The molecule has 3 heteroatoms. The smallest absolute Gasteiger partial charge is 0.146 e. The molecule has 2 aromatic rings. The number of Topliss-reactive ketones (excluding diaryl/α,β-unsaturated/α-hetero) is 1. The second-order valence-corrected chi connectivity index (χ2v) is 5.52. The van der Waals surface area contributed by atoms with Crippen molar-refractivity contribution in [3.8, 4) is 0 Å². The molecule has 0 amide bonds. The minimum absolute atomic E-state index is 0.0729. The van der Waals surface area contributed by atoms with Gasteiger partial charge in [0.25, 0.3) is 0 Å². The molecule has 1 atom stereocenters. The Labute approximate surface area is 123 Å². The molecule has 3 rings (SSSR count). The zero-order valence-corrected chi connectivity index (χ0v) is 11.9. The summed E-state index contributed by atoms with van der Waals surface area (Å²) in [5.74, 6) is 0.147. The third-order valence-electron chi connectivity index (χ3n) is 3.81. The van der Waals surface area contributed by atoms with E-state index in [4.69, 9.17) is 11.6 Å². The van der Waals surface area contributed by atoms with Crippen molar-refractivity contribution in [3.63, 3.8) is 0 Å². The lowest BCUT2D eigenvalue weighted by Crippen LogP contribution is -2.33. The topological polar surface area (TPSA) is 29.1 Å². The zero-order valence-electron chi connectivity index (χ0n) is 11.1. The van der Waals surface area contributed by atoms with Crippen LogP contribution < -0.4 is 5.32 Å². The molecule has 2 nitrogen and oxygen atoms in total. The molecule has 0 aliphatic carbocycles. The van der Waals surface area contributed by atoms with Crippen LogP contribution in [0.25, 0.3) is 0 Å². The Morgan fingerprint density at radius 3 is 2.75 bits per heavy atom. The van der Waals surface area contributed by atoms with Crippen molar-refractivity contribution in [2.45, 2.75) is 18.9 Å². The van der Waals surface area contributed by atoms with Crippen LogP contribution in [0.2, 0.25) is 5.02 Å². The molecule has 1 aliphatic heterocycles. The number of nitrogens with one attached hydrogen (secondary N) is 1. The van der Waals surface area contributed by atoms with Crippen molar-refractivity contribution in [3.05, 3.63) is 70.2 Å². The molecule has 1 heterocycles. The molecule has 0 bridgehead atoms. The lowest BCUT2D eigenvalue weighted by atomic mass is 9.85. The largest absolute Gasteiger partial charge is 0.312 e. The van der Waals surface area contributed by atoms with E-state index in [-0.39, 0.29) is 11.7 Å². The minimum Gasteiger partial charge on any atom is -0.312 e. The molecule has 20 heavy (non-hydrogen) atoms. The van der Waals surface area contributed by atoms with E-state index in [0.29, 0.717) is 18.0 Å². The molecule has 1 N–H and O–H groups in total. The Kier molecular flexibility index (Phi) is 3.86. The second-order valence-electron chi connectivity index (χ2n) is 5.12. The Hall–Kier alpha value is -1.64. The molecule has 0 saturated carbocycles. The van der Waals surface area contributed by atoms with Gasteiger partial charge in [0.2, 0.25) is 0 Å². The molecule has 0 radical (unpaired) electrons. The molecule has 0 spiro atoms. The van der Waals surface area contributed by atoms with Crippen LogP contribution in [0, 0.1) is 0 Å². The van der Waals surface area contributed by atoms with Crippen LogP contribution in [0.5, 0.6) is 0 Å². The summed E-state index contributed by atoms with van der Waals surface area (Å²) < 4.78 is 0. The standard InChI is InChI=1S/C17H16ClNO/c18-16-8-4-2-5-12(16)9-17(20)15-11-19-10-13-6-1-3-7-14(13)15/h1-8,15,19H,9-11H2. The number of benzene rings is 2. The SMILES string of the molecule is O=C(Cc1ccccc1Cl)C1CNCc2ccccc21. The highest BCUT2D eigenvalue weighted by atomic mass is 35.5. The van der Waals surface area contributed by atoms with E-state index in [1.807, 2.05) is 36.4 Å². The highest BCUT2D eigenvalue weighted by molar-refractivity contribution is 6.31. The molecule has 2 aromatic carbocycles. The maximum absolute atomic E-state index is 12.6. The number of hydrogen-bond donors (Lipinski definition) is 1. The third kappa shape index (κ3) is 2.62. The predicted molar refractivity (Wildman–Crippen MR) is 81.1 cm³/mol. The van der Waals surface area contributed by atoms with E-state index in [1.165, 1.54) is 5.56 Å². The van der Waals surface area contributed by atoms with Gasteiger partial charge in [0.05, 0.1) is 5.92 Å². The summed E-state index contributed by atoms with van der Waals surface area (Å²) in [7, 11) is 0. The minimum atomic E-state index is -0.0729. The Bertz CT molecular complexity index is 638. The Morgan fingerprint density at radius 1 is 1.15 bits per heavy atom. The molecule has 1 aliphatic rings. The maximum Gasteiger partial charge on any atom is 0.146 e. The first-order valence-electron chi connectivity index (χ1n) is 6.80. The van der Waals surface area contributed by atoms with E-state index >= 15 is 0 Å². The molecule has 0 fully saturated rings. The number of ketones is 1. The first-order valence-corrected chi connectivity index (χ1v) is 7.18. The fourth-order valence-electron chi connectivity index (χ4n) is 2.74. The van der Waals surface area contributed by atoms with Crippen molar-refractivity contribution in [1.29, 1.82) is 0 Å². The van der Waals surface area contributed by atoms with E-state index in [9.17, 15) is 4.79 Å². The number of rotatable bonds is 3. The van der Waals surface area contributed by atoms with Crippen molar-refractivity contribution >= 4 is 17.4 Å². The summed E-state index contributed by atoms with van der Waals surface area (Å²) >= 11 is 6.14. The van der Waals surface area contributed by atoms with Crippen molar-refractivity contribution in [1.82, 2.24) is 5.32 Å². The van der Waals surface area contributed by atoms with Gasteiger partial charge in [0.1, 0.15) is 5.78 Å². The normalized spacial score (nSPS) is 17.6. The van der Waals surface area contributed by atoms with E-state index in [2.05, 4.69) is 17.4 Å². The van der Waals surface area contributed by atoms with Crippen molar-refractivity contribution in [2.24, 2.45) is 0 Å². The Balaban J connectivity index is 1.84. The highest BCUT2D eigenvalue weighted by Gasteiger charge is 2.26. The molecule has 1 unspecified atom stereocenters. The fourth-order valence-corrected chi connectivity index (χ4v) is 2.94. The van der Waals surface area contributed by atoms with Crippen molar-refractivity contribution < 1.29 is 4.79 Å². The van der Waals surface area contributed by atoms with E-state index < -0.39 is 0 Å². The summed E-state index contributed by atoms with van der Waals surface area (Å²) in [6, 6.07) is 15.7. The lowest BCUT2D eigenvalue weighted by molar-refractivity contribution is -0.119. The van der Waals surface area contributed by atoms with Gasteiger partial charge in [-0.25, -0.2) is 0 Å². The first-order chi connectivity index (χ1) is 9.75. The number of carbonyl (C=O) groups is 1. The van der Waals surface area contributed by atoms with Crippen molar-refractivity contribution in [2.75, 3.05) is 6.54 Å². The monoisotopic (exact) mass is 285 g/mol. The summed E-state index contributed by atoms with van der Waals surface area (Å²) in [4.78, 5) is 12.6. The molecule has 0 saturated heterocycles. The van der Waals surface area contributed by atoms with Gasteiger partial charge in [-0.1, -0.05) is 54.1 Å². The third-order valence-corrected chi connectivity index (χ3v) is 4.17. The maximum atomic E-state index is 12.6. The Morgan fingerprint density at radius 2 is 1.90 bits per heavy atom. The van der Waals surface area contributed by atoms with Gasteiger partial charge in [0.15, 0.2) is 0 Å². The van der Waals surface area contributed by atoms with Crippen LogP contribution >= 0.6 is 11.6 Å². The number of fused-ring (bicyclic) bond motifs is 1. The van der Waals surface area contributed by atoms with Crippen LogP contribution in [-0.4, -0.2) is 12.3 Å². The molecular weight excluding hydrogens is 270 g/mol. The summed E-state index contributed by atoms with van der Waals surface area (Å²) in [6.07, 6.45) is 0.389. The van der Waals surface area contributed by atoms with Crippen LogP contribution in [-0.2, 0) is 17.8 Å². The van der Waals surface area contributed by atoms with Crippen LogP contribution in [0.3, 0.4) is 0 Å². The van der Waals surface area contributed by atoms with E-state index in [0.717, 1.165) is 17.7 Å². The predicted octanol–water partition coefficient (Wildman–Crippen LogP) is 3.34. The average molecular weight is 286 g/mol. The number of hydrogen-bond acceptors (Lipinski definition) is 2. The van der Waals surface area contributed by atoms with E-state index in [1.54, 1.807) is 0 Å². The zero-order chi connectivity index (χ0) is 13.9. The molecule has 102 valence electrons. The van der Waals surface area contributed by atoms with Gasteiger partial charge in [-0.05, 0) is 22.8 Å². The summed E-state index contributed by atoms with van der Waals surface area (Å²) in [5, 5.41) is 3.98. The highest BCUT2D eigenvalue weighted by Crippen LogP contribution is 2.26. The van der Waals surface area contributed by atoms with Gasteiger partial charge in [-0.2, -0.15) is 0 Å². The fraction of sp³-hybridized carbons (Fsp3) is 0.235. The summed E-state index contributed by atoms with van der Waals surface area (Å²) in [6.45, 7) is 1.55. The number of carbonyl (C=O) groups excluding carboxylic acids is 1. The molecule has 0 aromatic heterocycles. The van der Waals surface area contributed by atoms with Gasteiger partial charge in [0, 0.05) is 24.5 Å². The van der Waals surface area contributed by atoms with Gasteiger partial charge in [-0.3, -0.25) is 4.79 Å². The van der Waals surface area contributed by atoms with Crippen LogP contribution in [0.1, 0.15) is 22.6 Å². The van der Waals surface area contributed by atoms with Gasteiger partial charge in [-0.15, -0.1) is 0 Å². The second kappa shape index (κ2) is 5.78. The number of halogens is 1.